The predicted octanol–water partition coefficient (Wildman–Crippen LogP) is 3.65. The summed E-state index contributed by atoms with van der Waals surface area (Å²) < 4.78 is 40.0. The van der Waals surface area contributed by atoms with Gasteiger partial charge in [-0.15, -0.1) is 15.3 Å². The summed E-state index contributed by atoms with van der Waals surface area (Å²) in [4.78, 5) is 14.4. The standard InChI is InChI=1S/C18H16ClF3N6O/c19-12-4-1-5-13(9-12)23-16(29)11-3-2-8-27(10-11)15-7-6-14-24-25-17(18(20,21)22)28(14)26-15/h1,4-7,9,11H,2-3,8,10H2,(H,23,29)/t11-/m0/s1. The quantitative estimate of drug-likeness (QED) is 0.694. The van der Waals surface area contributed by atoms with Gasteiger partial charge in [-0.05, 0) is 43.2 Å². The van der Waals surface area contributed by atoms with Crippen molar-refractivity contribution >= 4 is 34.7 Å². The molecule has 1 fully saturated rings. The molecule has 3 heterocycles. The van der Waals surface area contributed by atoms with Gasteiger partial charge >= 0.3 is 6.18 Å². The van der Waals surface area contributed by atoms with Crippen molar-refractivity contribution in [1.29, 1.82) is 0 Å². The Morgan fingerprint density at radius 2 is 2.03 bits per heavy atom. The third-order valence-corrected chi connectivity index (χ3v) is 4.95. The Kier molecular flexibility index (Phi) is 5.03. The molecular formula is C18H16ClF3N6O. The topological polar surface area (TPSA) is 75.4 Å². The Hall–Kier alpha value is -2.88. The van der Waals surface area contributed by atoms with E-state index in [0.29, 0.717) is 47.0 Å². The molecule has 0 spiro atoms. The van der Waals surface area contributed by atoms with Crippen LogP contribution in [0.4, 0.5) is 24.7 Å². The van der Waals surface area contributed by atoms with Crippen LogP contribution in [0.15, 0.2) is 36.4 Å². The predicted molar refractivity (Wildman–Crippen MR) is 101 cm³/mol. The zero-order valence-corrected chi connectivity index (χ0v) is 15.8. The third-order valence-electron chi connectivity index (χ3n) is 4.71. The van der Waals surface area contributed by atoms with Gasteiger partial charge in [0.15, 0.2) is 5.65 Å². The molecule has 11 heteroatoms. The average molecular weight is 425 g/mol. The van der Waals surface area contributed by atoms with E-state index in [9.17, 15) is 18.0 Å². The molecule has 2 aromatic heterocycles. The first kappa shape index (κ1) is 19.4. The van der Waals surface area contributed by atoms with Gasteiger partial charge in [0.1, 0.15) is 5.82 Å². The molecule has 1 saturated heterocycles. The second-order valence-corrected chi connectivity index (χ2v) is 7.20. The van der Waals surface area contributed by atoms with E-state index in [1.165, 1.54) is 6.07 Å². The van der Waals surface area contributed by atoms with Crippen LogP contribution in [0.5, 0.6) is 0 Å². The number of nitrogens with zero attached hydrogens (tertiary/aromatic N) is 5. The Morgan fingerprint density at radius 3 is 2.79 bits per heavy atom. The Balaban J connectivity index is 1.53. The van der Waals surface area contributed by atoms with Gasteiger partial charge in [-0.2, -0.15) is 17.7 Å². The lowest BCUT2D eigenvalue weighted by Gasteiger charge is -2.32. The minimum atomic E-state index is -4.66. The molecule has 1 N–H and O–H groups in total. The molecule has 0 radical (unpaired) electrons. The first-order valence-corrected chi connectivity index (χ1v) is 9.30. The molecule has 0 saturated carbocycles. The summed E-state index contributed by atoms with van der Waals surface area (Å²) in [7, 11) is 0. The highest BCUT2D eigenvalue weighted by Gasteiger charge is 2.38. The molecule has 4 rings (SSSR count). The normalized spacial score (nSPS) is 17.5. The second kappa shape index (κ2) is 7.51. The minimum absolute atomic E-state index is 0.00772. The van der Waals surface area contributed by atoms with Crippen LogP contribution >= 0.6 is 11.6 Å². The fraction of sp³-hybridized carbons (Fsp3) is 0.333. The van der Waals surface area contributed by atoms with Crippen LogP contribution < -0.4 is 10.2 Å². The molecule has 1 aliphatic rings. The van der Waals surface area contributed by atoms with Gasteiger partial charge in [-0.25, -0.2) is 0 Å². The maximum atomic E-state index is 13.1. The maximum absolute atomic E-state index is 13.1. The van der Waals surface area contributed by atoms with Gasteiger partial charge in [0, 0.05) is 23.8 Å². The number of alkyl halides is 3. The SMILES string of the molecule is O=C(Nc1cccc(Cl)c1)[C@H]1CCCN(c2ccc3nnc(C(F)(F)F)n3n2)C1. The van der Waals surface area contributed by atoms with E-state index >= 15 is 0 Å². The summed E-state index contributed by atoms with van der Waals surface area (Å²) in [6.45, 7) is 0.928. The van der Waals surface area contributed by atoms with E-state index in [0.717, 1.165) is 0 Å². The lowest BCUT2D eigenvalue weighted by atomic mass is 9.97. The summed E-state index contributed by atoms with van der Waals surface area (Å²) in [6.07, 6.45) is -3.28. The fourth-order valence-corrected chi connectivity index (χ4v) is 3.52. The van der Waals surface area contributed by atoms with Crippen molar-refractivity contribution in [2.24, 2.45) is 5.92 Å². The summed E-state index contributed by atoms with van der Waals surface area (Å²) in [6, 6.07) is 9.86. The summed E-state index contributed by atoms with van der Waals surface area (Å²) in [5.74, 6) is -1.34. The number of anilines is 2. The second-order valence-electron chi connectivity index (χ2n) is 6.77. The molecule has 0 unspecified atom stereocenters. The molecule has 1 atom stereocenters. The summed E-state index contributed by atoms with van der Waals surface area (Å²) >= 11 is 5.94. The molecule has 29 heavy (non-hydrogen) atoms. The number of carbonyl (C=O) groups is 1. The highest BCUT2D eigenvalue weighted by atomic mass is 35.5. The van der Waals surface area contributed by atoms with E-state index < -0.39 is 12.0 Å². The van der Waals surface area contributed by atoms with Gasteiger partial charge in [0.05, 0.1) is 5.92 Å². The number of amides is 1. The van der Waals surface area contributed by atoms with Gasteiger partial charge in [-0.1, -0.05) is 17.7 Å². The number of nitrogens with one attached hydrogen (secondary N) is 1. The fourth-order valence-electron chi connectivity index (χ4n) is 3.33. The monoisotopic (exact) mass is 424 g/mol. The average Bonchev–Trinajstić information content (AvgIpc) is 3.12. The molecule has 1 amide bonds. The highest BCUT2D eigenvalue weighted by molar-refractivity contribution is 6.30. The Morgan fingerprint density at radius 1 is 1.21 bits per heavy atom. The molecule has 0 bridgehead atoms. The lowest BCUT2D eigenvalue weighted by Crippen LogP contribution is -2.41. The first-order valence-electron chi connectivity index (χ1n) is 8.92. The Labute approximate surface area is 168 Å². The van der Waals surface area contributed by atoms with Gasteiger partial charge in [0.25, 0.3) is 5.82 Å². The lowest BCUT2D eigenvalue weighted by molar-refractivity contribution is -0.146. The number of halogens is 4. The highest BCUT2D eigenvalue weighted by Crippen LogP contribution is 2.29. The molecular weight excluding hydrogens is 409 g/mol. The van der Waals surface area contributed by atoms with Crippen molar-refractivity contribution in [2.45, 2.75) is 19.0 Å². The largest absolute Gasteiger partial charge is 0.453 e. The van der Waals surface area contributed by atoms with Crippen molar-refractivity contribution < 1.29 is 18.0 Å². The molecule has 3 aromatic rings. The molecule has 1 aromatic carbocycles. The van der Waals surface area contributed by atoms with Gasteiger partial charge in [-0.3, -0.25) is 4.79 Å². The van der Waals surface area contributed by atoms with Crippen LogP contribution in [-0.4, -0.2) is 38.8 Å². The van der Waals surface area contributed by atoms with Crippen LogP contribution in [0, 0.1) is 5.92 Å². The van der Waals surface area contributed by atoms with Crippen molar-refractivity contribution in [3.8, 4) is 0 Å². The van der Waals surface area contributed by atoms with Crippen molar-refractivity contribution in [3.05, 3.63) is 47.2 Å². The van der Waals surface area contributed by atoms with Crippen molar-refractivity contribution in [1.82, 2.24) is 19.8 Å². The maximum Gasteiger partial charge on any atom is 0.453 e. The van der Waals surface area contributed by atoms with E-state index in [2.05, 4.69) is 20.6 Å². The van der Waals surface area contributed by atoms with E-state index in [1.54, 1.807) is 35.2 Å². The number of rotatable bonds is 3. The molecule has 7 nitrogen and oxygen atoms in total. The number of carbonyl (C=O) groups excluding carboxylic acids is 1. The van der Waals surface area contributed by atoms with Crippen LogP contribution in [0.25, 0.3) is 5.65 Å². The number of benzene rings is 1. The Bertz CT molecular complexity index is 1050. The van der Waals surface area contributed by atoms with Crippen molar-refractivity contribution in [2.75, 3.05) is 23.3 Å². The van der Waals surface area contributed by atoms with Gasteiger partial charge < -0.3 is 10.2 Å². The number of aromatic nitrogens is 4. The van der Waals surface area contributed by atoms with Gasteiger partial charge in [0.2, 0.25) is 5.91 Å². The number of hydrogen-bond acceptors (Lipinski definition) is 5. The third kappa shape index (κ3) is 4.12. The first-order chi connectivity index (χ1) is 13.8. The smallest absolute Gasteiger partial charge is 0.354 e. The van der Waals surface area contributed by atoms with Crippen molar-refractivity contribution in [3.63, 3.8) is 0 Å². The minimum Gasteiger partial charge on any atom is -0.354 e. The number of hydrogen-bond donors (Lipinski definition) is 1. The summed E-state index contributed by atoms with van der Waals surface area (Å²) in [5.41, 5.74) is 0.604. The van der Waals surface area contributed by atoms with E-state index in [-0.39, 0.29) is 17.5 Å². The zero-order valence-electron chi connectivity index (χ0n) is 15.0. The van der Waals surface area contributed by atoms with Crippen LogP contribution in [0.3, 0.4) is 0 Å². The van der Waals surface area contributed by atoms with Crippen LogP contribution in [0.2, 0.25) is 5.02 Å². The zero-order chi connectivity index (χ0) is 20.6. The summed E-state index contributed by atoms with van der Waals surface area (Å²) in [5, 5.41) is 14.1. The molecule has 0 aliphatic carbocycles. The van der Waals surface area contributed by atoms with E-state index in [1.807, 2.05) is 0 Å². The molecule has 1 aliphatic heterocycles. The number of piperidine rings is 1. The van der Waals surface area contributed by atoms with Crippen LogP contribution in [-0.2, 0) is 11.0 Å². The van der Waals surface area contributed by atoms with E-state index in [4.69, 9.17) is 11.6 Å². The molecule has 152 valence electrons. The number of fused-ring (bicyclic) bond motifs is 1. The van der Waals surface area contributed by atoms with Crippen LogP contribution in [0.1, 0.15) is 18.7 Å².